The zero-order valence-electron chi connectivity index (χ0n) is 17.1. The Morgan fingerprint density at radius 2 is 1.97 bits per heavy atom. The van der Waals surface area contributed by atoms with Crippen LogP contribution in [0, 0.1) is 17.2 Å². The third kappa shape index (κ3) is 5.78. The molecule has 1 aromatic rings. The summed E-state index contributed by atoms with van der Waals surface area (Å²) in [6, 6.07) is 6.89. The first kappa shape index (κ1) is 21.7. The number of aliphatic imine (C=N–C) groups is 1. The standard InChI is InChI=1S/C21H25N3O6/c1-21(2)29-19(25)17(20(26)30-21)14-23-16-5-4-15(13-22)18(12-16)28-9-3-6-24-7-10-27-11-8-24/h4-5,12,14,17H,3,6-11H2,1-2H3. The second-order valence-electron chi connectivity index (χ2n) is 7.45. The van der Waals surface area contributed by atoms with Crippen LogP contribution in [0.5, 0.6) is 5.75 Å². The molecule has 0 aliphatic carbocycles. The van der Waals surface area contributed by atoms with Crippen molar-refractivity contribution in [1.29, 1.82) is 5.26 Å². The van der Waals surface area contributed by atoms with Crippen LogP contribution >= 0.6 is 0 Å². The first-order valence-corrected chi connectivity index (χ1v) is 9.85. The maximum atomic E-state index is 12.0. The lowest BCUT2D eigenvalue weighted by molar-refractivity contribution is -0.235. The van der Waals surface area contributed by atoms with Gasteiger partial charge in [0, 0.05) is 45.8 Å². The lowest BCUT2D eigenvalue weighted by atomic mass is 10.1. The number of esters is 2. The van der Waals surface area contributed by atoms with Crippen molar-refractivity contribution in [2.45, 2.75) is 26.1 Å². The number of carbonyl (C=O) groups is 2. The molecule has 0 N–H and O–H groups in total. The van der Waals surface area contributed by atoms with Crippen LogP contribution in [-0.4, -0.2) is 68.3 Å². The summed E-state index contributed by atoms with van der Waals surface area (Å²) >= 11 is 0. The highest BCUT2D eigenvalue weighted by Gasteiger charge is 2.42. The second-order valence-corrected chi connectivity index (χ2v) is 7.45. The summed E-state index contributed by atoms with van der Waals surface area (Å²) < 4.78 is 21.2. The average Bonchev–Trinajstić information content (AvgIpc) is 2.70. The first-order valence-electron chi connectivity index (χ1n) is 9.85. The predicted molar refractivity (Wildman–Crippen MR) is 106 cm³/mol. The largest absolute Gasteiger partial charge is 0.492 e. The molecule has 160 valence electrons. The van der Waals surface area contributed by atoms with Gasteiger partial charge in [0.1, 0.15) is 11.8 Å². The summed E-state index contributed by atoms with van der Waals surface area (Å²) in [5, 5.41) is 9.31. The van der Waals surface area contributed by atoms with Crippen molar-refractivity contribution in [3.8, 4) is 11.8 Å². The number of rotatable bonds is 7. The number of nitrogens with zero attached hydrogens (tertiary/aromatic N) is 3. The fourth-order valence-corrected chi connectivity index (χ4v) is 3.11. The van der Waals surface area contributed by atoms with Crippen LogP contribution in [0.1, 0.15) is 25.8 Å². The fraction of sp³-hybridized carbons (Fsp3) is 0.524. The number of hydrogen-bond acceptors (Lipinski definition) is 9. The zero-order chi connectivity index (χ0) is 21.6. The van der Waals surface area contributed by atoms with Gasteiger partial charge in [-0.25, -0.2) is 0 Å². The van der Waals surface area contributed by atoms with E-state index in [1.807, 2.05) is 0 Å². The molecule has 1 aromatic carbocycles. The molecule has 0 unspecified atom stereocenters. The van der Waals surface area contributed by atoms with E-state index >= 15 is 0 Å². The minimum atomic E-state index is -1.28. The smallest absolute Gasteiger partial charge is 0.329 e. The maximum Gasteiger partial charge on any atom is 0.329 e. The molecule has 0 radical (unpaired) electrons. The summed E-state index contributed by atoms with van der Waals surface area (Å²) in [7, 11) is 0. The normalized spacial score (nSPS) is 19.9. The SMILES string of the molecule is CC1(C)OC(=O)C(C=Nc2ccc(C#N)c(OCCCN3CCOCC3)c2)C(=O)O1. The number of cyclic esters (lactones) is 2. The third-order valence-corrected chi connectivity index (χ3v) is 4.64. The molecule has 2 heterocycles. The lowest BCUT2D eigenvalue weighted by Gasteiger charge is -2.31. The number of morpholine rings is 1. The minimum absolute atomic E-state index is 0.388. The van der Waals surface area contributed by atoms with Crippen molar-refractivity contribution < 1.29 is 28.5 Å². The van der Waals surface area contributed by atoms with Crippen LogP contribution in [0.4, 0.5) is 5.69 Å². The van der Waals surface area contributed by atoms with Gasteiger partial charge >= 0.3 is 11.9 Å². The Bertz CT molecular complexity index is 835. The Morgan fingerprint density at radius 1 is 1.27 bits per heavy atom. The van der Waals surface area contributed by atoms with Crippen LogP contribution < -0.4 is 4.74 Å². The molecule has 3 rings (SSSR count). The number of benzene rings is 1. The quantitative estimate of drug-likeness (QED) is 0.287. The van der Waals surface area contributed by atoms with E-state index in [1.54, 1.807) is 18.2 Å². The van der Waals surface area contributed by atoms with E-state index in [4.69, 9.17) is 18.9 Å². The molecule has 0 saturated carbocycles. The van der Waals surface area contributed by atoms with E-state index in [1.165, 1.54) is 20.1 Å². The van der Waals surface area contributed by atoms with Crippen LogP contribution in [0.3, 0.4) is 0 Å². The van der Waals surface area contributed by atoms with Crippen LogP contribution in [-0.2, 0) is 23.8 Å². The molecule has 2 aliphatic heterocycles. The molecule has 0 atom stereocenters. The molecule has 0 amide bonds. The Balaban J connectivity index is 1.59. The van der Waals surface area contributed by atoms with E-state index in [-0.39, 0.29) is 0 Å². The van der Waals surface area contributed by atoms with Crippen molar-refractivity contribution in [2.24, 2.45) is 10.9 Å². The van der Waals surface area contributed by atoms with Crippen molar-refractivity contribution in [3.05, 3.63) is 23.8 Å². The molecular weight excluding hydrogens is 390 g/mol. The van der Waals surface area contributed by atoms with Gasteiger partial charge in [-0.15, -0.1) is 0 Å². The Kier molecular flexibility index (Phi) is 7.03. The minimum Gasteiger partial charge on any atom is -0.492 e. The van der Waals surface area contributed by atoms with Gasteiger partial charge in [0.15, 0.2) is 5.92 Å². The molecule has 30 heavy (non-hydrogen) atoms. The summed E-state index contributed by atoms with van der Waals surface area (Å²) in [6.07, 6.45) is 2.00. The summed E-state index contributed by atoms with van der Waals surface area (Å²) in [5.74, 6) is -3.54. The number of ether oxygens (including phenoxy) is 4. The lowest BCUT2D eigenvalue weighted by Crippen LogP contribution is -2.46. The second kappa shape index (κ2) is 9.69. The van der Waals surface area contributed by atoms with Crippen LogP contribution in [0.2, 0.25) is 0 Å². The maximum absolute atomic E-state index is 12.0. The van der Waals surface area contributed by atoms with Crippen molar-refractivity contribution in [1.82, 2.24) is 4.90 Å². The molecule has 2 fully saturated rings. The molecule has 0 bridgehead atoms. The van der Waals surface area contributed by atoms with Crippen molar-refractivity contribution in [2.75, 3.05) is 39.5 Å². The van der Waals surface area contributed by atoms with Gasteiger partial charge in [0.25, 0.3) is 5.79 Å². The highest BCUT2D eigenvalue weighted by molar-refractivity contribution is 6.10. The number of hydrogen-bond donors (Lipinski definition) is 0. The highest BCUT2D eigenvalue weighted by Crippen LogP contribution is 2.26. The average molecular weight is 415 g/mol. The molecule has 0 spiro atoms. The summed E-state index contributed by atoms with van der Waals surface area (Å²) in [6.45, 7) is 7.64. The predicted octanol–water partition coefficient (Wildman–Crippen LogP) is 1.81. The van der Waals surface area contributed by atoms with Crippen molar-refractivity contribution in [3.63, 3.8) is 0 Å². The van der Waals surface area contributed by atoms with Gasteiger partial charge in [0.05, 0.1) is 31.1 Å². The van der Waals surface area contributed by atoms with E-state index in [0.717, 1.165) is 39.3 Å². The molecule has 2 saturated heterocycles. The van der Waals surface area contributed by atoms with Crippen LogP contribution in [0.15, 0.2) is 23.2 Å². The highest BCUT2D eigenvalue weighted by atomic mass is 16.7. The first-order chi connectivity index (χ1) is 14.4. The molecule has 2 aliphatic rings. The molecule has 9 heteroatoms. The summed E-state index contributed by atoms with van der Waals surface area (Å²) in [5.41, 5.74) is 0.834. The zero-order valence-corrected chi connectivity index (χ0v) is 17.1. The fourth-order valence-electron chi connectivity index (χ4n) is 3.11. The van der Waals surface area contributed by atoms with Crippen LogP contribution in [0.25, 0.3) is 0 Å². The van der Waals surface area contributed by atoms with Gasteiger partial charge < -0.3 is 18.9 Å². The molecule has 9 nitrogen and oxygen atoms in total. The monoisotopic (exact) mass is 415 g/mol. The van der Waals surface area contributed by atoms with Gasteiger partial charge in [-0.3, -0.25) is 19.5 Å². The Morgan fingerprint density at radius 3 is 2.63 bits per heavy atom. The van der Waals surface area contributed by atoms with Gasteiger partial charge in [-0.1, -0.05) is 0 Å². The number of carbonyl (C=O) groups excluding carboxylic acids is 2. The molecule has 0 aromatic heterocycles. The van der Waals surface area contributed by atoms with E-state index < -0.39 is 23.6 Å². The van der Waals surface area contributed by atoms with Crippen molar-refractivity contribution >= 4 is 23.8 Å². The van der Waals surface area contributed by atoms with E-state index in [2.05, 4.69) is 16.0 Å². The molecular formula is C21H25N3O6. The third-order valence-electron chi connectivity index (χ3n) is 4.64. The number of nitriles is 1. The van der Waals surface area contributed by atoms with E-state index in [0.29, 0.717) is 23.6 Å². The van der Waals surface area contributed by atoms with Gasteiger partial charge in [-0.2, -0.15) is 5.26 Å². The Labute approximate surface area is 175 Å². The topological polar surface area (TPSA) is 110 Å². The summed E-state index contributed by atoms with van der Waals surface area (Å²) in [4.78, 5) is 30.5. The van der Waals surface area contributed by atoms with Gasteiger partial charge in [0.2, 0.25) is 0 Å². The Hall–Kier alpha value is -2.96. The van der Waals surface area contributed by atoms with E-state index in [9.17, 15) is 14.9 Å². The van der Waals surface area contributed by atoms with Gasteiger partial charge in [-0.05, 0) is 18.6 Å².